The van der Waals surface area contributed by atoms with Gasteiger partial charge in [-0.2, -0.15) is 4.98 Å². The molecular weight excluding hydrogens is 342 g/mol. The van der Waals surface area contributed by atoms with Crippen LogP contribution in [0.25, 0.3) is 0 Å². The fourth-order valence-corrected chi connectivity index (χ4v) is 3.96. The van der Waals surface area contributed by atoms with Crippen molar-refractivity contribution in [3.8, 4) is 0 Å². The highest BCUT2D eigenvalue weighted by Gasteiger charge is 2.38. The van der Waals surface area contributed by atoms with Crippen LogP contribution in [-0.4, -0.2) is 40.6 Å². The molecule has 0 radical (unpaired) electrons. The van der Waals surface area contributed by atoms with Gasteiger partial charge in [0.2, 0.25) is 11.8 Å². The van der Waals surface area contributed by atoms with Crippen molar-refractivity contribution in [1.82, 2.24) is 25.9 Å². The normalized spacial score (nSPS) is 25.9. The van der Waals surface area contributed by atoms with Crippen LogP contribution in [0.5, 0.6) is 0 Å². The second kappa shape index (κ2) is 7.78. The lowest BCUT2D eigenvalue weighted by Gasteiger charge is -2.33. The number of benzene rings is 1. The summed E-state index contributed by atoms with van der Waals surface area (Å²) in [6.45, 7) is 6.18. The number of hydrazine groups is 1. The maximum absolute atomic E-state index is 13.3. The number of hydrogen-bond donors (Lipinski definition) is 2. The zero-order chi connectivity index (χ0) is 18.8. The number of likely N-dealkylation sites (tertiary alicyclic amines) is 1. The van der Waals surface area contributed by atoms with Gasteiger partial charge in [-0.15, -0.1) is 0 Å². The van der Waals surface area contributed by atoms with Crippen LogP contribution in [0.2, 0.25) is 0 Å². The zero-order valence-electron chi connectivity index (χ0n) is 15.9. The maximum Gasteiger partial charge on any atom is 0.231 e. The molecule has 0 bridgehead atoms. The van der Waals surface area contributed by atoms with Gasteiger partial charge in [-0.1, -0.05) is 49.3 Å². The predicted molar refractivity (Wildman–Crippen MR) is 101 cm³/mol. The van der Waals surface area contributed by atoms with Gasteiger partial charge in [-0.25, -0.2) is 5.43 Å². The SMILES string of the molecule is CC(C)c1noc(C2CCCN(C(=O)C3CNNC3c3ccccc3)C2)n1. The minimum atomic E-state index is -0.111. The Labute approximate surface area is 159 Å². The molecular formula is C20H27N5O2. The molecule has 7 heteroatoms. The van der Waals surface area contributed by atoms with Crippen LogP contribution >= 0.6 is 0 Å². The smallest absolute Gasteiger partial charge is 0.231 e. The van der Waals surface area contributed by atoms with Crippen LogP contribution in [0.4, 0.5) is 0 Å². The summed E-state index contributed by atoms with van der Waals surface area (Å²) in [5.41, 5.74) is 7.56. The van der Waals surface area contributed by atoms with Gasteiger partial charge in [-0.3, -0.25) is 10.2 Å². The summed E-state index contributed by atoms with van der Waals surface area (Å²) in [6.07, 6.45) is 1.94. The second-order valence-corrected chi connectivity index (χ2v) is 7.79. The van der Waals surface area contributed by atoms with Gasteiger partial charge in [-0.05, 0) is 18.4 Å². The molecule has 27 heavy (non-hydrogen) atoms. The molecule has 2 aliphatic heterocycles. The third-order valence-electron chi connectivity index (χ3n) is 5.51. The molecule has 3 unspecified atom stereocenters. The first kappa shape index (κ1) is 18.1. The quantitative estimate of drug-likeness (QED) is 0.861. The summed E-state index contributed by atoms with van der Waals surface area (Å²) >= 11 is 0. The van der Waals surface area contributed by atoms with E-state index in [1.807, 2.05) is 23.1 Å². The molecule has 1 amide bonds. The first-order valence-corrected chi connectivity index (χ1v) is 9.79. The van der Waals surface area contributed by atoms with Crippen molar-refractivity contribution in [2.45, 2.75) is 44.6 Å². The fourth-order valence-electron chi connectivity index (χ4n) is 3.96. The topological polar surface area (TPSA) is 83.3 Å². The van der Waals surface area contributed by atoms with Gasteiger partial charge < -0.3 is 9.42 Å². The Morgan fingerprint density at radius 2 is 2.11 bits per heavy atom. The van der Waals surface area contributed by atoms with E-state index in [0.29, 0.717) is 19.0 Å². The van der Waals surface area contributed by atoms with Crippen molar-refractivity contribution in [2.75, 3.05) is 19.6 Å². The summed E-state index contributed by atoms with van der Waals surface area (Å²) in [5.74, 6) is 1.85. The predicted octanol–water partition coefficient (Wildman–Crippen LogP) is 2.36. The molecule has 3 atom stereocenters. The van der Waals surface area contributed by atoms with E-state index in [1.165, 1.54) is 0 Å². The van der Waals surface area contributed by atoms with Crippen molar-refractivity contribution in [3.05, 3.63) is 47.6 Å². The fraction of sp³-hybridized carbons (Fsp3) is 0.550. The van der Waals surface area contributed by atoms with Gasteiger partial charge in [0.05, 0.1) is 17.9 Å². The van der Waals surface area contributed by atoms with Gasteiger partial charge >= 0.3 is 0 Å². The van der Waals surface area contributed by atoms with Crippen molar-refractivity contribution in [1.29, 1.82) is 0 Å². The molecule has 2 aromatic rings. The van der Waals surface area contributed by atoms with Crippen LogP contribution < -0.4 is 10.9 Å². The van der Waals surface area contributed by atoms with E-state index in [1.54, 1.807) is 0 Å². The highest BCUT2D eigenvalue weighted by molar-refractivity contribution is 5.80. The maximum atomic E-state index is 13.3. The monoisotopic (exact) mass is 369 g/mol. The molecule has 1 aromatic heterocycles. The molecule has 4 rings (SSSR count). The summed E-state index contributed by atoms with van der Waals surface area (Å²) in [5, 5.41) is 4.08. The molecule has 0 aliphatic carbocycles. The van der Waals surface area contributed by atoms with Crippen molar-refractivity contribution in [3.63, 3.8) is 0 Å². The van der Waals surface area contributed by atoms with Crippen molar-refractivity contribution >= 4 is 5.91 Å². The molecule has 2 aliphatic rings. The van der Waals surface area contributed by atoms with E-state index >= 15 is 0 Å². The van der Waals surface area contributed by atoms with Crippen LogP contribution in [-0.2, 0) is 4.79 Å². The molecule has 7 nitrogen and oxygen atoms in total. The number of rotatable bonds is 4. The molecule has 144 valence electrons. The average Bonchev–Trinajstić information content (AvgIpc) is 3.38. The Morgan fingerprint density at radius 3 is 2.85 bits per heavy atom. The summed E-state index contributed by atoms with van der Waals surface area (Å²) in [6, 6.07) is 10.1. The van der Waals surface area contributed by atoms with Crippen molar-refractivity contribution in [2.24, 2.45) is 5.92 Å². The Kier molecular flexibility index (Phi) is 5.22. The van der Waals surface area contributed by atoms with E-state index in [-0.39, 0.29) is 29.7 Å². The van der Waals surface area contributed by atoms with E-state index in [2.05, 4.69) is 47.0 Å². The molecule has 2 fully saturated rings. The molecule has 2 N–H and O–H groups in total. The summed E-state index contributed by atoms with van der Waals surface area (Å²) in [4.78, 5) is 19.8. The second-order valence-electron chi connectivity index (χ2n) is 7.79. The Morgan fingerprint density at radius 1 is 1.30 bits per heavy atom. The standard InChI is InChI=1S/C20H27N5O2/c1-13(2)18-22-19(27-24-18)15-9-6-10-25(12-15)20(26)16-11-21-23-17(16)14-7-4-3-5-8-14/h3-5,7-8,13,15-17,21,23H,6,9-12H2,1-2H3. The lowest BCUT2D eigenvalue weighted by Crippen LogP contribution is -2.44. The first-order chi connectivity index (χ1) is 13.1. The number of carbonyl (C=O) groups excluding carboxylic acids is 1. The summed E-state index contributed by atoms with van der Waals surface area (Å²) in [7, 11) is 0. The van der Waals surface area contributed by atoms with E-state index < -0.39 is 0 Å². The molecule has 2 saturated heterocycles. The third kappa shape index (κ3) is 3.75. The highest BCUT2D eigenvalue weighted by Crippen LogP contribution is 2.31. The van der Waals surface area contributed by atoms with Gasteiger partial charge in [0.25, 0.3) is 0 Å². The molecule has 3 heterocycles. The van der Waals surface area contributed by atoms with Crippen LogP contribution in [0.15, 0.2) is 34.9 Å². The van der Waals surface area contributed by atoms with Crippen LogP contribution in [0.1, 0.15) is 61.8 Å². The van der Waals surface area contributed by atoms with E-state index in [4.69, 9.17) is 4.52 Å². The lowest BCUT2D eigenvalue weighted by molar-refractivity contribution is -0.136. The number of aromatic nitrogens is 2. The number of piperidine rings is 1. The Balaban J connectivity index is 1.46. The number of hydrogen-bond acceptors (Lipinski definition) is 6. The average molecular weight is 369 g/mol. The number of carbonyl (C=O) groups is 1. The number of nitrogens with zero attached hydrogens (tertiary/aromatic N) is 3. The minimum absolute atomic E-state index is 0.00461. The van der Waals surface area contributed by atoms with Crippen LogP contribution in [0, 0.1) is 5.92 Å². The number of nitrogens with one attached hydrogen (secondary N) is 2. The first-order valence-electron chi connectivity index (χ1n) is 9.79. The van der Waals surface area contributed by atoms with Gasteiger partial charge in [0.15, 0.2) is 5.82 Å². The zero-order valence-corrected chi connectivity index (χ0v) is 15.9. The molecule has 0 spiro atoms. The molecule has 0 saturated carbocycles. The largest absolute Gasteiger partial charge is 0.342 e. The molecule has 1 aromatic carbocycles. The highest BCUT2D eigenvalue weighted by atomic mass is 16.5. The Bertz CT molecular complexity index is 776. The summed E-state index contributed by atoms with van der Waals surface area (Å²) < 4.78 is 5.49. The van der Waals surface area contributed by atoms with E-state index in [0.717, 1.165) is 30.8 Å². The number of amides is 1. The van der Waals surface area contributed by atoms with Crippen LogP contribution in [0.3, 0.4) is 0 Å². The van der Waals surface area contributed by atoms with E-state index in [9.17, 15) is 4.79 Å². The Hall–Kier alpha value is -2.25. The van der Waals surface area contributed by atoms with Crippen molar-refractivity contribution < 1.29 is 9.32 Å². The minimum Gasteiger partial charge on any atom is -0.342 e. The van der Waals surface area contributed by atoms with Gasteiger partial charge in [0, 0.05) is 25.6 Å². The third-order valence-corrected chi connectivity index (χ3v) is 5.51. The van der Waals surface area contributed by atoms with Gasteiger partial charge in [0.1, 0.15) is 0 Å². The lowest BCUT2D eigenvalue weighted by atomic mass is 9.91.